The first kappa shape index (κ1) is 15.7. The van der Waals surface area contributed by atoms with Gasteiger partial charge in [0.25, 0.3) is 5.91 Å². The van der Waals surface area contributed by atoms with E-state index in [9.17, 15) is 9.59 Å². The molecule has 2 rings (SSSR count). The Morgan fingerprint density at radius 1 is 1.30 bits per heavy atom. The number of nitrogens with zero attached hydrogens (tertiary/aromatic N) is 2. The molecule has 2 heterocycles. The molecule has 2 amide bonds. The number of amides is 2. The topological polar surface area (TPSA) is 40.6 Å². The summed E-state index contributed by atoms with van der Waals surface area (Å²) in [6.07, 6.45) is 2.74. The highest BCUT2D eigenvalue weighted by Crippen LogP contribution is 2.24. The molecule has 20 heavy (non-hydrogen) atoms. The van der Waals surface area contributed by atoms with E-state index >= 15 is 0 Å². The Labute approximate surface area is 132 Å². The van der Waals surface area contributed by atoms with Gasteiger partial charge >= 0.3 is 0 Å². The van der Waals surface area contributed by atoms with E-state index < -0.39 is 0 Å². The maximum Gasteiger partial charge on any atom is 0.265 e. The second-order valence-corrected chi connectivity index (χ2v) is 6.75. The average Bonchev–Trinajstić information content (AvgIpc) is 2.72. The second kappa shape index (κ2) is 7.33. The van der Waals surface area contributed by atoms with Gasteiger partial charge < -0.3 is 9.80 Å². The Balaban J connectivity index is 1.98. The first-order valence-corrected chi connectivity index (χ1v) is 9.07. The molecule has 0 N–H and O–H groups in total. The van der Waals surface area contributed by atoms with Crippen LogP contribution in [0.25, 0.3) is 0 Å². The van der Waals surface area contributed by atoms with Gasteiger partial charge in [-0.3, -0.25) is 9.59 Å². The highest BCUT2D eigenvalue weighted by Gasteiger charge is 2.24. The molecule has 7 heteroatoms. The number of thioether (sulfide) groups is 1. The molecule has 1 aromatic heterocycles. The average molecular weight is 333 g/mol. The summed E-state index contributed by atoms with van der Waals surface area (Å²) in [5.41, 5.74) is 0. The second-order valence-electron chi connectivity index (χ2n) is 4.56. The molecule has 0 aromatic carbocycles. The van der Waals surface area contributed by atoms with Crippen LogP contribution in [-0.4, -0.2) is 59.8 Å². The predicted octanol–water partition coefficient (Wildman–Crippen LogP) is 2.44. The zero-order valence-corrected chi connectivity index (χ0v) is 13.7. The number of halogens is 1. The molecule has 0 unspecified atom stereocenters. The fraction of sp³-hybridized carbons (Fsp3) is 0.538. The van der Waals surface area contributed by atoms with Crippen LogP contribution in [-0.2, 0) is 4.79 Å². The molecule has 1 fully saturated rings. The monoisotopic (exact) mass is 332 g/mol. The molecule has 0 radical (unpaired) electrons. The normalized spacial score (nSPS) is 16.1. The van der Waals surface area contributed by atoms with Crippen molar-refractivity contribution in [1.29, 1.82) is 0 Å². The fourth-order valence-corrected chi connectivity index (χ4v) is 3.71. The molecule has 4 nitrogen and oxygen atoms in total. The highest BCUT2D eigenvalue weighted by molar-refractivity contribution is 7.99. The molecular formula is C13H17ClN2O2S2. The number of rotatable bonds is 3. The zero-order valence-electron chi connectivity index (χ0n) is 11.3. The molecule has 0 spiro atoms. The van der Waals surface area contributed by atoms with Crippen molar-refractivity contribution in [1.82, 2.24) is 9.80 Å². The van der Waals surface area contributed by atoms with Crippen LogP contribution in [0.4, 0.5) is 0 Å². The largest absolute Gasteiger partial charge is 0.340 e. The van der Waals surface area contributed by atoms with E-state index in [-0.39, 0.29) is 11.8 Å². The van der Waals surface area contributed by atoms with Gasteiger partial charge in [0.15, 0.2) is 0 Å². The summed E-state index contributed by atoms with van der Waals surface area (Å²) in [7, 11) is 0. The van der Waals surface area contributed by atoms with Crippen LogP contribution in [0.2, 0.25) is 5.02 Å². The van der Waals surface area contributed by atoms with Gasteiger partial charge in [-0.25, -0.2) is 0 Å². The Morgan fingerprint density at radius 2 is 2.00 bits per heavy atom. The highest BCUT2D eigenvalue weighted by atomic mass is 35.5. The molecule has 1 aliphatic rings. The molecule has 1 saturated heterocycles. The summed E-state index contributed by atoms with van der Waals surface area (Å²) in [5.74, 6) is 0.634. The van der Waals surface area contributed by atoms with E-state index in [1.54, 1.807) is 11.0 Å². The molecular weight excluding hydrogens is 316 g/mol. The van der Waals surface area contributed by atoms with Gasteiger partial charge in [-0.2, -0.15) is 11.8 Å². The van der Waals surface area contributed by atoms with Crippen LogP contribution in [0.15, 0.2) is 11.4 Å². The van der Waals surface area contributed by atoms with E-state index in [2.05, 4.69) is 0 Å². The van der Waals surface area contributed by atoms with E-state index in [0.717, 1.165) is 13.0 Å². The molecule has 1 aromatic rings. The Morgan fingerprint density at radius 3 is 2.65 bits per heavy atom. The molecule has 0 bridgehead atoms. The van der Waals surface area contributed by atoms with Crippen LogP contribution in [0.3, 0.4) is 0 Å². The summed E-state index contributed by atoms with van der Waals surface area (Å²) >= 11 is 8.91. The van der Waals surface area contributed by atoms with E-state index in [4.69, 9.17) is 11.6 Å². The van der Waals surface area contributed by atoms with E-state index in [1.807, 2.05) is 16.5 Å². The van der Waals surface area contributed by atoms with Crippen molar-refractivity contribution >= 4 is 46.5 Å². The lowest BCUT2D eigenvalue weighted by Crippen LogP contribution is -2.37. The van der Waals surface area contributed by atoms with Crippen molar-refractivity contribution in [3.05, 3.63) is 21.3 Å². The molecule has 0 atom stereocenters. The molecule has 0 aliphatic carbocycles. The zero-order chi connectivity index (χ0) is 14.5. The van der Waals surface area contributed by atoms with Crippen molar-refractivity contribution in [2.75, 3.05) is 38.2 Å². The third-order valence-electron chi connectivity index (χ3n) is 3.22. The first-order chi connectivity index (χ1) is 9.63. The maximum atomic E-state index is 12.4. The Bertz CT molecular complexity index is 492. The Hall–Kier alpha value is -0.720. The molecule has 1 aliphatic heterocycles. The Kier molecular flexibility index (Phi) is 5.74. The summed E-state index contributed by atoms with van der Waals surface area (Å²) in [4.78, 5) is 28.5. The minimum absolute atomic E-state index is 0.0239. The van der Waals surface area contributed by atoms with Crippen molar-refractivity contribution in [3.63, 3.8) is 0 Å². The quantitative estimate of drug-likeness (QED) is 0.853. The lowest BCUT2D eigenvalue weighted by Gasteiger charge is -2.21. The summed E-state index contributed by atoms with van der Waals surface area (Å²) in [6.45, 7) is 2.58. The number of carbonyl (C=O) groups is 2. The lowest BCUT2D eigenvalue weighted by atomic mass is 10.3. The smallest absolute Gasteiger partial charge is 0.265 e. The maximum absolute atomic E-state index is 12.4. The minimum atomic E-state index is -0.0239. The summed E-state index contributed by atoms with van der Waals surface area (Å²) in [6, 6.07) is 1.74. The van der Waals surface area contributed by atoms with Gasteiger partial charge in [0, 0.05) is 26.2 Å². The number of thiophene rings is 1. The van der Waals surface area contributed by atoms with Gasteiger partial charge in [-0.05, 0) is 24.1 Å². The van der Waals surface area contributed by atoms with Gasteiger partial charge in [0.2, 0.25) is 5.91 Å². The molecule has 110 valence electrons. The van der Waals surface area contributed by atoms with Gasteiger partial charge in [0.05, 0.1) is 10.8 Å². The minimum Gasteiger partial charge on any atom is -0.340 e. The fourth-order valence-electron chi connectivity index (χ4n) is 2.17. The number of carbonyl (C=O) groups excluding carboxylic acids is 2. The van der Waals surface area contributed by atoms with Crippen LogP contribution < -0.4 is 0 Å². The van der Waals surface area contributed by atoms with Crippen molar-refractivity contribution in [2.45, 2.75) is 6.42 Å². The van der Waals surface area contributed by atoms with Crippen LogP contribution in [0.5, 0.6) is 0 Å². The van der Waals surface area contributed by atoms with Crippen LogP contribution in [0.1, 0.15) is 16.1 Å². The SMILES string of the molecule is CSCC(=O)N1CCCN(C(=O)c2sccc2Cl)CC1. The van der Waals surface area contributed by atoms with Crippen molar-refractivity contribution in [3.8, 4) is 0 Å². The summed E-state index contributed by atoms with van der Waals surface area (Å²) < 4.78 is 0. The van der Waals surface area contributed by atoms with Gasteiger partial charge in [-0.15, -0.1) is 11.3 Å². The predicted molar refractivity (Wildman–Crippen MR) is 84.8 cm³/mol. The number of hydrogen-bond donors (Lipinski definition) is 0. The van der Waals surface area contributed by atoms with Crippen LogP contribution >= 0.6 is 34.7 Å². The van der Waals surface area contributed by atoms with Crippen molar-refractivity contribution in [2.24, 2.45) is 0 Å². The number of hydrogen-bond acceptors (Lipinski definition) is 4. The van der Waals surface area contributed by atoms with Gasteiger partial charge in [0.1, 0.15) is 4.88 Å². The van der Waals surface area contributed by atoms with Crippen molar-refractivity contribution < 1.29 is 9.59 Å². The standard InChI is InChI=1S/C13H17ClN2O2S2/c1-19-9-11(17)15-4-2-5-16(7-6-15)13(18)12-10(14)3-8-20-12/h3,8H,2,4-7,9H2,1H3. The third kappa shape index (κ3) is 3.68. The van der Waals surface area contributed by atoms with E-state index in [0.29, 0.717) is 35.3 Å². The first-order valence-electron chi connectivity index (χ1n) is 6.42. The lowest BCUT2D eigenvalue weighted by molar-refractivity contribution is -0.128. The van der Waals surface area contributed by atoms with Gasteiger partial charge in [-0.1, -0.05) is 11.6 Å². The third-order valence-corrected chi connectivity index (χ3v) is 5.08. The molecule has 0 saturated carbocycles. The van der Waals surface area contributed by atoms with Crippen LogP contribution in [0, 0.1) is 0 Å². The summed E-state index contributed by atoms with van der Waals surface area (Å²) in [5, 5.41) is 2.33. The van der Waals surface area contributed by atoms with E-state index in [1.165, 1.54) is 23.1 Å².